The topological polar surface area (TPSA) is 117 Å². The molecule has 1 amide bonds. The zero-order valence-corrected chi connectivity index (χ0v) is 11.3. The number of rotatable bonds is 8. The number of nitrogens with one attached hydrogen (secondary N) is 1. The van der Waals surface area contributed by atoms with Crippen LogP contribution in [0.1, 0.15) is 17.3 Å². The van der Waals surface area contributed by atoms with E-state index in [1.807, 2.05) is 0 Å². The molecule has 5 N–H and O–H groups in total. The van der Waals surface area contributed by atoms with Gasteiger partial charge in [0.15, 0.2) is 0 Å². The zero-order valence-electron chi connectivity index (χ0n) is 11.3. The van der Waals surface area contributed by atoms with E-state index in [0.717, 1.165) is 0 Å². The molecule has 0 saturated heterocycles. The van der Waals surface area contributed by atoms with Crippen molar-refractivity contribution in [3.63, 3.8) is 0 Å². The van der Waals surface area contributed by atoms with Crippen LogP contribution < -0.4 is 16.8 Å². The van der Waals surface area contributed by atoms with Crippen molar-refractivity contribution in [1.82, 2.24) is 0 Å². The maximum atomic E-state index is 11.7. The Kier molecular flexibility index (Phi) is 6.31. The molecule has 1 aromatic carbocycles. The minimum absolute atomic E-state index is 0.114. The van der Waals surface area contributed by atoms with Crippen LogP contribution in [-0.4, -0.2) is 38.2 Å². The van der Waals surface area contributed by atoms with Gasteiger partial charge in [-0.3, -0.25) is 4.79 Å². The first-order valence-electron chi connectivity index (χ1n) is 6.21. The van der Waals surface area contributed by atoms with Gasteiger partial charge in [-0.05, 0) is 25.1 Å². The molecule has 0 heterocycles. The molecule has 0 unspecified atom stereocenters. The summed E-state index contributed by atoms with van der Waals surface area (Å²) in [5.74, 6) is -0.972. The normalized spacial score (nSPS) is 10.1. The Balaban J connectivity index is 2.52. The van der Waals surface area contributed by atoms with Gasteiger partial charge in [-0.1, -0.05) is 0 Å². The SMILES string of the molecule is CCOC(=O)c1cc(NCCOCC(N)=O)ccc1N. The molecular formula is C13H19N3O4. The number of hydrogen-bond donors (Lipinski definition) is 3. The molecule has 1 rings (SSSR count). The van der Waals surface area contributed by atoms with Crippen LogP contribution in [-0.2, 0) is 14.3 Å². The van der Waals surface area contributed by atoms with E-state index in [9.17, 15) is 9.59 Å². The van der Waals surface area contributed by atoms with Crippen LogP contribution in [0.3, 0.4) is 0 Å². The lowest BCUT2D eigenvalue weighted by molar-refractivity contribution is -0.122. The molecule has 0 aliphatic carbocycles. The molecule has 0 fully saturated rings. The van der Waals surface area contributed by atoms with Crippen LogP contribution in [0, 0.1) is 0 Å². The lowest BCUT2D eigenvalue weighted by atomic mass is 10.1. The Labute approximate surface area is 117 Å². The van der Waals surface area contributed by atoms with Gasteiger partial charge in [-0.25, -0.2) is 4.79 Å². The monoisotopic (exact) mass is 281 g/mol. The second-order valence-electron chi connectivity index (χ2n) is 3.97. The van der Waals surface area contributed by atoms with E-state index in [4.69, 9.17) is 20.9 Å². The highest BCUT2D eigenvalue weighted by molar-refractivity contribution is 5.96. The van der Waals surface area contributed by atoms with Gasteiger partial charge in [-0.15, -0.1) is 0 Å². The zero-order chi connectivity index (χ0) is 15.0. The molecule has 1 aromatic rings. The number of nitrogens with two attached hydrogens (primary N) is 2. The fourth-order valence-corrected chi connectivity index (χ4v) is 1.49. The maximum absolute atomic E-state index is 11.7. The first kappa shape index (κ1) is 15.8. The lowest BCUT2D eigenvalue weighted by Crippen LogP contribution is -2.20. The maximum Gasteiger partial charge on any atom is 0.340 e. The fourth-order valence-electron chi connectivity index (χ4n) is 1.49. The van der Waals surface area contributed by atoms with Crippen molar-refractivity contribution in [2.45, 2.75) is 6.92 Å². The Morgan fingerprint density at radius 1 is 1.35 bits per heavy atom. The molecule has 0 saturated carbocycles. The van der Waals surface area contributed by atoms with Crippen LogP contribution in [0.15, 0.2) is 18.2 Å². The highest BCUT2D eigenvalue weighted by Crippen LogP contribution is 2.18. The molecule has 20 heavy (non-hydrogen) atoms. The lowest BCUT2D eigenvalue weighted by Gasteiger charge is -2.10. The Morgan fingerprint density at radius 2 is 2.10 bits per heavy atom. The van der Waals surface area contributed by atoms with Gasteiger partial charge >= 0.3 is 5.97 Å². The number of carbonyl (C=O) groups excluding carboxylic acids is 2. The van der Waals surface area contributed by atoms with Crippen LogP contribution in [0.4, 0.5) is 11.4 Å². The first-order chi connectivity index (χ1) is 9.54. The van der Waals surface area contributed by atoms with Gasteiger partial charge in [0.05, 0.1) is 18.8 Å². The fraction of sp³-hybridized carbons (Fsp3) is 0.385. The molecule has 0 aromatic heterocycles. The summed E-state index contributed by atoms with van der Waals surface area (Å²) in [5.41, 5.74) is 12.0. The quantitative estimate of drug-likeness (QED) is 0.360. The highest BCUT2D eigenvalue weighted by Gasteiger charge is 2.11. The van der Waals surface area contributed by atoms with Gasteiger partial charge in [0.1, 0.15) is 6.61 Å². The number of amides is 1. The molecule has 0 aliphatic heterocycles. The largest absolute Gasteiger partial charge is 0.462 e. The van der Waals surface area contributed by atoms with Gasteiger partial charge in [-0.2, -0.15) is 0 Å². The number of hydrogen-bond acceptors (Lipinski definition) is 6. The second kappa shape index (κ2) is 8.00. The number of primary amides is 1. The number of anilines is 2. The summed E-state index contributed by atoms with van der Waals surface area (Å²) in [6.45, 7) is 2.70. The van der Waals surface area contributed by atoms with Crippen LogP contribution in [0.2, 0.25) is 0 Å². The smallest absolute Gasteiger partial charge is 0.340 e. The molecule has 0 spiro atoms. The number of esters is 1. The number of nitrogen functional groups attached to an aromatic ring is 1. The van der Waals surface area contributed by atoms with E-state index in [0.29, 0.717) is 30.1 Å². The van der Waals surface area contributed by atoms with Crippen LogP contribution in [0.5, 0.6) is 0 Å². The molecular weight excluding hydrogens is 262 g/mol. The average Bonchev–Trinajstić information content (AvgIpc) is 2.40. The van der Waals surface area contributed by atoms with Gasteiger partial charge in [0.2, 0.25) is 5.91 Å². The molecule has 7 nitrogen and oxygen atoms in total. The van der Waals surface area contributed by atoms with Gasteiger partial charge < -0.3 is 26.3 Å². The van der Waals surface area contributed by atoms with E-state index in [1.54, 1.807) is 25.1 Å². The molecule has 0 aliphatic rings. The number of ether oxygens (including phenoxy) is 2. The van der Waals surface area contributed by atoms with E-state index in [2.05, 4.69) is 5.32 Å². The summed E-state index contributed by atoms with van der Waals surface area (Å²) in [6.07, 6.45) is 0. The van der Waals surface area contributed by atoms with E-state index in [1.165, 1.54) is 0 Å². The van der Waals surface area contributed by atoms with Crippen molar-refractivity contribution in [2.75, 3.05) is 37.4 Å². The van der Waals surface area contributed by atoms with Crippen molar-refractivity contribution in [3.05, 3.63) is 23.8 Å². The van der Waals surface area contributed by atoms with E-state index >= 15 is 0 Å². The standard InChI is InChI=1S/C13H19N3O4/c1-2-20-13(18)10-7-9(3-4-11(10)14)16-5-6-19-8-12(15)17/h3-4,7,16H,2,5-6,8,14H2,1H3,(H2,15,17). The predicted octanol–water partition coefficient (Wildman–Crippen LogP) is 0.359. The van der Waals surface area contributed by atoms with E-state index < -0.39 is 11.9 Å². The van der Waals surface area contributed by atoms with Crippen molar-refractivity contribution in [1.29, 1.82) is 0 Å². The van der Waals surface area contributed by atoms with Crippen molar-refractivity contribution >= 4 is 23.3 Å². The Morgan fingerprint density at radius 3 is 2.75 bits per heavy atom. The summed E-state index contributed by atoms with van der Waals surface area (Å²) in [5, 5.41) is 3.04. The van der Waals surface area contributed by atoms with Crippen molar-refractivity contribution < 1.29 is 19.1 Å². The average molecular weight is 281 g/mol. The van der Waals surface area contributed by atoms with Crippen LogP contribution in [0.25, 0.3) is 0 Å². The van der Waals surface area contributed by atoms with Crippen LogP contribution >= 0.6 is 0 Å². The molecule has 0 radical (unpaired) electrons. The Hall–Kier alpha value is -2.28. The highest BCUT2D eigenvalue weighted by atomic mass is 16.5. The minimum atomic E-state index is -0.512. The third-order valence-corrected chi connectivity index (χ3v) is 2.37. The first-order valence-corrected chi connectivity index (χ1v) is 6.21. The third-order valence-electron chi connectivity index (χ3n) is 2.37. The summed E-state index contributed by atoms with van der Waals surface area (Å²) >= 11 is 0. The number of carbonyl (C=O) groups is 2. The van der Waals surface area contributed by atoms with Crippen molar-refractivity contribution in [2.24, 2.45) is 5.73 Å². The molecule has 0 bridgehead atoms. The number of benzene rings is 1. The third kappa shape index (κ3) is 5.15. The summed E-state index contributed by atoms with van der Waals surface area (Å²) in [4.78, 5) is 22.1. The Bertz CT molecular complexity index is 477. The molecule has 110 valence electrons. The van der Waals surface area contributed by atoms with Gasteiger partial charge in [0.25, 0.3) is 0 Å². The summed E-state index contributed by atoms with van der Waals surface area (Å²) in [6, 6.07) is 4.98. The van der Waals surface area contributed by atoms with E-state index in [-0.39, 0.29) is 13.2 Å². The van der Waals surface area contributed by atoms with Gasteiger partial charge in [0, 0.05) is 17.9 Å². The molecule has 0 atom stereocenters. The van der Waals surface area contributed by atoms with Crippen molar-refractivity contribution in [3.8, 4) is 0 Å². The molecule has 7 heteroatoms. The summed E-state index contributed by atoms with van der Waals surface area (Å²) in [7, 11) is 0. The predicted molar refractivity (Wildman–Crippen MR) is 75.3 cm³/mol. The summed E-state index contributed by atoms with van der Waals surface area (Å²) < 4.78 is 9.91. The minimum Gasteiger partial charge on any atom is -0.462 e. The second-order valence-corrected chi connectivity index (χ2v) is 3.97.